The van der Waals surface area contributed by atoms with Gasteiger partial charge in [-0.2, -0.15) is 0 Å². The Hall–Kier alpha value is -2.70. The van der Waals surface area contributed by atoms with Crippen LogP contribution in [0.1, 0.15) is 0 Å². The zero-order chi connectivity index (χ0) is 11.7. The van der Waals surface area contributed by atoms with Gasteiger partial charge in [0.2, 0.25) is 24.6 Å². The van der Waals surface area contributed by atoms with E-state index in [9.17, 15) is 0 Å². The molecule has 1 aromatic carbocycles. The Morgan fingerprint density at radius 1 is 0.941 bits per heavy atom. The zero-order valence-electron chi connectivity index (χ0n) is 8.57. The standard InChI is InChI=1S/C10H7N5O2/c11-7-3-1-2-6(9-14-12-4-16-9)8(7)10-15-13-5-17-10/h1-5H,11H2. The van der Waals surface area contributed by atoms with Crippen LogP contribution in [0.2, 0.25) is 0 Å². The average molecular weight is 229 g/mol. The average Bonchev–Trinajstić information content (AvgIpc) is 3.02. The van der Waals surface area contributed by atoms with E-state index in [4.69, 9.17) is 14.6 Å². The number of aromatic nitrogens is 4. The minimum Gasteiger partial charge on any atom is -0.423 e. The molecule has 84 valence electrons. The molecule has 3 aromatic rings. The van der Waals surface area contributed by atoms with E-state index in [0.29, 0.717) is 28.6 Å². The summed E-state index contributed by atoms with van der Waals surface area (Å²) in [5.41, 5.74) is 7.66. The van der Waals surface area contributed by atoms with Gasteiger partial charge in [-0.15, -0.1) is 20.4 Å². The molecule has 7 nitrogen and oxygen atoms in total. The Morgan fingerprint density at radius 3 is 2.29 bits per heavy atom. The van der Waals surface area contributed by atoms with Gasteiger partial charge in [0.05, 0.1) is 11.1 Å². The fourth-order valence-corrected chi connectivity index (χ4v) is 1.56. The van der Waals surface area contributed by atoms with Gasteiger partial charge in [0.1, 0.15) is 0 Å². The lowest BCUT2D eigenvalue weighted by atomic mass is 10.1. The van der Waals surface area contributed by atoms with Crippen molar-refractivity contribution in [2.45, 2.75) is 0 Å². The highest BCUT2D eigenvalue weighted by molar-refractivity contribution is 5.84. The van der Waals surface area contributed by atoms with Crippen LogP contribution in [0.25, 0.3) is 22.9 Å². The van der Waals surface area contributed by atoms with Gasteiger partial charge < -0.3 is 14.6 Å². The van der Waals surface area contributed by atoms with Crippen LogP contribution in [-0.4, -0.2) is 20.4 Å². The van der Waals surface area contributed by atoms with E-state index in [1.165, 1.54) is 12.8 Å². The van der Waals surface area contributed by atoms with Crippen molar-refractivity contribution in [2.75, 3.05) is 5.73 Å². The molecule has 0 atom stereocenters. The molecule has 2 aromatic heterocycles. The highest BCUT2D eigenvalue weighted by Gasteiger charge is 2.17. The SMILES string of the molecule is Nc1cccc(-c2nnco2)c1-c1nnco1. The van der Waals surface area contributed by atoms with Crippen molar-refractivity contribution in [1.82, 2.24) is 20.4 Å². The Balaban J connectivity index is 2.26. The first-order valence-corrected chi connectivity index (χ1v) is 4.78. The lowest BCUT2D eigenvalue weighted by Crippen LogP contribution is -1.94. The summed E-state index contributed by atoms with van der Waals surface area (Å²) in [4.78, 5) is 0. The Morgan fingerprint density at radius 2 is 1.65 bits per heavy atom. The number of nitrogens with two attached hydrogens (primary N) is 1. The Labute approximate surface area is 95.3 Å². The lowest BCUT2D eigenvalue weighted by Gasteiger charge is -2.04. The summed E-state index contributed by atoms with van der Waals surface area (Å²) < 4.78 is 10.3. The molecule has 0 amide bonds. The molecule has 0 fully saturated rings. The molecule has 17 heavy (non-hydrogen) atoms. The van der Waals surface area contributed by atoms with Gasteiger partial charge in [-0.25, -0.2) is 0 Å². The third-order valence-corrected chi connectivity index (χ3v) is 2.26. The normalized spacial score (nSPS) is 10.6. The van der Waals surface area contributed by atoms with Crippen LogP contribution in [-0.2, 0) is 0 Å². The third-order valence-electron chi connectivity index (χ3n) is 2.26. The Bertz CT molecular complexity index is 618. The fraction of sp³-hybridized carbons (Fsp3) is 0. The number of anilines is 1. The molecule has 7 heteroatoms. The van der Waals surface area contributed by atoms with E-state index >= 15 is 0 Å². The summed E-state index contributed by atoms with van der Waals surface area (Å²) in [5.74, 6) is 0.668. The molecular weight excluding hydrogens is 222 g/mol. The van der Waals surface area contributed by atoms with E-state index in [0.717, 1.165) is 0 Å². The largest absolute Gasteiger partial charge is 0.423 e. The second-order valence-electron chi connectivity index (χ2n) is 3.26. The first-order valence-electron chi connectivity index (χ1n) is 4.78. The van der Waals surface area contributed by atoms with Crippen molar-refractivity contribution in [2.24, 2.45) is 0 Å². The highest BCUT2D eigenvalue weighted by Crippen LogP contribution is 2.34. The van der Waals surface area contributed by atoms with Crippen molar-refractivity contribution >= 4 is 5.69 Å². The molecule has 0 aliphatic heterocycles. The van der Waals surface area contributed by atoms with Crippen molar-refractivity contribution in [1.29, 1.82) is 0 Å². The van der Waals surface area contributed by atoms with Crippen LogP contribution >= 0.6 is 0 Å². The highest BCUT2D eigenvalue weighted by atomic mass is 16.4. The van der Waals surface area contributed by atoms with E-state index in [1.54, 1.807) is 18.2 Å². The van der Waals surface area contributed by atoms with Crippen molar-refractivity contribution in [3.05, 3.63) is 31.0 Å². The van der Waals surface area contributed by atoms with Crippen LogP contribution < -0.4 is 5.73 Å². The maximum atomic E-state index is 5.90. The van der Waals surface area contributed by atoms with Gasteiger partial charge in [-0.1, -0.05) is 6.07 Å². The molecule has 2 heterocycles. The first-order chi connectivity index (χ1) is 8.36. The zero-order valence-corrected chi connectivity index (χ0v) is 8.57. The minimum atomic E-state index is 0.316. The molecule has 0 bridgehead atoms. The van der Waals surface area contributed by atoms with E-state index in [-0.39, 0.29) is 0 Å². The van der Waals surface area contributed by atoms with Crippen LogP contribution in [0, 0.1) is 0 Å². The predicted molar refractivity (Wildman–Crippen MR) is 57.4 cm³/mol. The van der Waals surface area contributed by atoms with Crippen LogP contribution in [0.5, 0.6) is 0 Å². The second-order valence-corrected chi connectivity index (χ2v) is 3.26. The molecule has 0 unspecified atom stereocenters. The van der Waals surface area contributed by atoms with Crippen LogP contribution in [0.4, 0.5) is 5.69 Å². The summed E-state index contributed by atoms with van der Waals surface area (Å²) in [6.07, 6.45) is 2.48. The molecule has 0 saturated carbocycles. The number of nitrogens with zero attached hydrogens (tertiary/aromatic N) is 4. The molecule has 0 saturated heterocycles. The van der Waals surface area contributed by atoms with Gasteiger partial charge in [0.15, 0.2) is 0 Å². The number of hydrogen-bond acceptors (Lipinski definition) is 7. The monoisotopic (exact) mass is 229 g/mol. The fourth-order valence-electron chi connectivity index (χ4n) is 1.56. The summed E-state index contributed by atoms with van der Waals surface area (Å²) >= 11 is 0. The lowest BCUT2D eigenvalue weighted by molar-refractivity contribution is 0.562. The van der Waals surface area contributed by atoms with E-state index in [1.807, 2.05) is 0 Å². The third kappa shape index (κ3) is 1.53. The number of benzene rings is 1. The summed E-state index contributed by atoms with van der Waals surface area (Å²) in [5, 5.41) is 14.9. The maximum absolute atomic E-state index is 5.90. The van der Waals surface area contributed by atoms with Gasteiger partial charge in [-0.3, -0.25) is 0 Å². The molecule has 3 rings (SSSR count). The first kappa shape index (κ1) is 9.52. The molecule has 0 spiro atoms. The van der Waals surface area contributed by atoms with Crippen LogP contribution in [0.15, 0.2) is 39.8 Å². The number of nitrogen functional groups attached to an aromatic ring is 1. The molecular formula is C10H7N5O2. The van der Waals surface area contributed by atoms with E-state index in [2.05, 4.69) is 20.4 Å². The van der Waals surface area contributed by atoms with Gasteiger partial charge in [-0.05, 0) is 12.1 Å². The minimum absolute atomic E-state index is 0.316. The van der Waals surface area contributed by atoms with Gasteiger partial charge >= 0.3 is 0 Å². The van der Waals surface area contributed by atoms with Crippen molar-refractivity contribution < 1.29 is 8.83 Å². The topological polar surface area (TPSA) is 104 Å². The van der Waals surface area contributed by atoms with Crippen LogP contribution in [0.3, 0.4) is 0 Å². The summed E-state index contributed by atoms with van der Waals surface area (Å²) in [6, 6.07) is 5.32. The van der Waals surface area contributed by atoms with Crippen molar-refractivity contribution in [3.63, 3.8) is 0 Å². The maximum Gasteiger partial charge on any atom is 0.250 e. The smallest absolute Gasteiger partial charge is 0.250 e. The quantitative estimate of drug-likeness (QED) is 0.661. The molecule has 0 aliphatic rings. The Kier molecular flexibility index (Phi) is 2.08. The van der Waals surface area contributed by atoms with Gasteiger partial charge in [0, 0.05) is 5.69 Å². The molecule has 2 N–H and O–H groups in total. The number of rotatable bonds is 2. The molecule has 0 radical (unpaired) electrons. The number of hydrogen-bond donors (Lipinski definition) is 1. The summed E-state index contributed by atoms with van der Waals surface area (Å²) in [7, 11) is 0. The molecule has 0 aliphatic carbocycles. The van der Waals surface area contributed by atoms with Crippen molar-refractivity contribution in [3.8, 4) is 22.9 Å². The van der Waals surface area contributed by atoms with Gasteiger partial charge in [0.25, 0.3) is 0 Å². The second kappa shape index (κ2) is 3.71. The summed E-state index contributed by atoms with van der Waals surface area (Å²) in [6.45, 7) is 0. The van der Waals surface area contributed by atoms with E-state index < -0.39 is 0 Å². The predicted octanol–water partition coefficient (Wildman–Crippen LogP) is 1.37.